The molecule has 3 rings (SSSR count). The molecule has 0 amide bonds. The number of carboxylic acid groups (broad SMARTS) is 1. The first-order chi connectivity index (χ1) is 14.1. The molecule has 152 valence electrons. The van der Waals surface area contributed by atoms with E-state index in [4.69, 9.17) is 14.2 Å². The lowest BCUT2D eigenvalue weighted by atomic mass is 9.95. The number of methoxy groups -OCH3 is 2. The fraction of sp³-hybridized carbons (Fsp3) is 0.261. The van der Waals surface area contributed by atoms with Gasteiger partial charge < -0.3 is 19.3 Å². The molecule has 0 bridgehead atoms. The molecule has 0 unspecified atom stereocenters. The van der Waals surface area contributed by atoms with E-state index in [9.17, 15) is 9.90 Å². The minimum atomic E-state index is -0.933. The molecule has 3 aromatic rings. The molecule has 0 fully saturated rings. The number of carboxylic acids is 1. The van der Waals surface area contributed by atoms with Crippen molar-refractivity contribution in [3.63, 3.8) is 0 Å². The summed E-state index contributed by atoms with van der Waals surface area (Å²) in [5, 5.41) is 13.5. The van der Waals surface area contributed by atoms with Gasteiger partial charge in [-0.3, -0.25) is 0 Å². The number of benzene rings is 2. The highest BCUT2D eigenvalue weighted by atomic mass is 32.1. The number of aryl methyl sites for hydroxylation is 1. The monoisotopic (exact) mass is 412 g/mol. The molecule has 2 aromatic carbocycles. The summed E-state index contributed by atoms with van der Waals surface area (Å²) < 4.78 is 16.5. The zero-order valence-corrected chi connectivity index (χ0v) is 17.5. The number of carbonyl (C=O) groups is 1. The predicted molar refractivity (Wildman–Crippen MR) is 116 cm³/mol. The molecule has 5 nitrogen and oxygen atoms in total. The molecule has 0 saturated heterocycles. The van der Waals surface area contributed by atoms with E-state index in [0.29, 0.717) is 23.5 Å². The van der Waals surface area contributed by atoms with Crippen molar-refractivity contribution >= 4 is 34.2 Å². The lowest BCUT2D eigenvalue weighted by Crippen LogP contribution is -2.05. The van der Waals surface area contributed by atoms with E-state index in [0.717, 1.165) is 33.2 Å². The predicted octanol–water partition coefficient (Wildman–Crippen LogP) is 5.17. The zero-order chi connectivity index (χ0) is 20.8. The van der Waals surface area contributed by atoms with Gasteiger partial charge in [-0.2, -0.15) is 0 Å². The van der Waals surface area contributed by atoms with Gasteiger partial charge in [-0.15, -0.1) is 11.3 Å². The average molecular weight is 413 g/mol. The molecule has 0 aliphatic rings. The van der Waals surface area contributed by atoms with Gasteiger partial charge in [-0.25, -0.2) is 4.79 Å². The van der Waals surface area contributed by atoms with Crippen molar-refractivity contribution < 1.29 is 24.1 Å². The number of ether oxygens (including phenoxy) is 3. The first kappa shape index (κ1) is 20.9. The maximum atomic E-state index is 11.9. The quantitative estimate of drug-likeness (QED) is 0.388. The molecule has 0 spiro atoms. The molecular weight excluding hydrogens is 388 g/mol. The number of thiophene rings is 1. The first-order valence-electron chi connectivity index (χ1n) is 9.29. The van der Waals surface area contributed by atoms with Gasteiger partial charge in [0.2, 0.25) is 0 Å². The highest BCUT2D eigenvalue weighted by Gasteiger charge is 2.18. The second-order valence-electron chi connectivity index (χ2n) is 6.47. The van der Waals surface area contributed by atoms with E-state index in [1.807, 2.05) is 41.8 Å². The minimum absolute atomic E-state index is 0.0947. The maximum Gasteiger partial charge on any atom is 0.331 e. The third kappa shape index (κ3) is 4.60. The Hall–Kier alpha value is -2.83. The summed E-state index contributed by atoms with van der Waals surface area (Å²) in [5.74, 6) is 0.216. The third-order valence-corrected chi connectivity index (χ3v) is 5.55. The number of hydrogen-bond donors (Lipinski definition) is 1. The summed E-state index contributed by atoms with van der Waals surface area (Å²) in [6.07, 6.45) is 2.90. The molecule has 1 N–H and O–H groups in total. The normalized spacial score (nSPS) is 11.6. The summed E-state index contributed by atoms with van der Waals surface area (Å²) >= 11 is 1.55. The van der Waals surface area contributed by atoms with Crippen LogP contribution in [0.4, 0.5) is 0 Å². The van der Waals surface area contributed by atoms with E-state index < -0.39 is 5.97 Å². The van der Waals surface area contributed by atoms with Crippen molar-refractivity contribution in [3.05, 3.63) is 63.4 Å². The number of aliphatic carboxylic acids is 1. The van der Waals surface area contributed by atoms with Gasteiger partial charge in [0.1, 0.15) is 0 Å². The van der Waals surface area contributed by atoms with Crippen LogP contribution >= 0.6 is 11.3 Å². The Labute approximate surface area is 174 Å². The fourth-order valence-corrected chi connectivity index (χ4v) is 4.05. The molecule has 6 heteroatoms. The molecule has 0 aliphatic carbocycles. The van der Waals surface area contributed by atoms with Crippen molar-refractivity contribution in [3.8, 4) is 11.5 Å². The third-order valence-electron chi connectivity index (χ3n) is 4.67. The Morgan fingerprint density at radius 1 is 1.21 bits per heavy atom. The van der Waals surface area contributed by atoms with Crippen LogP contribution in [-0.2, 0) is 22.4 Å². The molecule has 0 radical (unpaired) electrons. The Morgan fingerprint density at radius 3 is 2.66 bits per heavy atom. The Balaban J connectivity index is 2.23. The van der Waals surface area contributed by atoms with Crippen molar-refractivity contribution in [2.24, 2.45) is 0 Å². The molecule has 0 aliphatic heterocycles. The average Bonchev–Trinajstić information content (AvgIpc) is 3.24. The van der Waals surface area contributed by atoms with Crippen LogP contribution in [0.15, 0.2) is 47.4 Å². The Kier molecular flexibility index (Phi) is 6.90. The lowest BCUT2D eigenvalue weighted by Gasteiger charge is -2.17. The van der Waals surface area contributed by atoms with E-state index in [1.54, 1.807) is 31.6 Å². The van der Waals surface area contributed by atoms with Crippen LogP contribution in [0.5, 0.6) is 11.5 Å². The van der Waals surface area contributed by atoms with Crippen LogP contribution in [0.25, 0.3) is 16.8 Å². The smallest absolute Gasteiger partial charge is 0.331 e. The summed E-state index contributed by atoms with van der Waals surface area (Å²) in [6.45, 7) is 2.17. The van der Waals surface area contributed by atoms with Gasteiger partial charge in [0.25, 0.3) is 0 Å². The van der Waals surface area contributed by atoms with E-state index >= 15 is 0 Å². The second-order valence-corrected chi connectivity index (χ2v) is 7.50. The molecule has 29 heavy (non-hydrogen) atoms. The number of fused-ring (bicyclic) bond motifs is 1. The topological polar surface area (TPSA) is 65.0 Å². The Bertz CT molecular complexity index is 1020. The molecule has 1 aromatic heterocycles. The summed E-state index contributed by atoms with van der Waals surface area (Å²) in [4.78, 5) is 12.9. The lowest BCUT2D eigenvalue weighted by molar-refractivity contribution is -0.132. The van der Waals surface area contributed by atoms with E-state index in [-0.39, 0.29) is 6.79 Å². The fourth-order valence-electron chi connectivity index (χ4n) is 3.32. The summed E-state index contributed by atoms with van der Waals surface area (Å²) in [6, 6.07) is 11.7. The van der Waals surface area contributed by atoms with Gasteiger partial charge in [0.05, 0.1) is 7.11 Å². The minimum Gasteiger partial charge on any atom is -0.493 e. The first-order valence-corrected chi connectivity index (χ1v) is 10.2. The standard InChI is InChI=1S/C23H24O5S/c1-4-15-7-5-9-19-16(11-17(23(24)25)12-18-8-6-10-29-18)13-20(27-3)22(21(15)19)28-14-26-2/h5-11,13H,4,12,14H2,1-3H3,(H,24,25)/b17-11+. The van der Waals surface area contributed by atoms with Gasteiger partial charge in [0, 0.05) is 29.4 Å². The van der Waals surface area contributed by atoms with Crippen molar-refractivity contribution in [2.45, 2.75) is 19.8 Å². The largest absolute Gasteiger partial charge is 0.493 e. The zero-order valence-electron chi connectivity index (χ0n) is 16.7. The highest BCUT2D eigenvalue weighted by molar-refractivity contribution is 7.09. The van der Waals surface area contributed by atoms with Crippen LogP contribution in [0.1, 0.15) is 22.9 Å². The highest BCUT2D eigenvalue weighted by Crippen LogP contribution is 2.41. The van der Waals surface area contributed by atoms with Gasteiger partial charge in [-0.05, 0) is 46.5 Å². The molecule has 1 heterocycles. The maximum absolute atomic E-state index is 11.9. The SMILES string of the molecule is CCc1cccc2c(/C=C(\Cc3cccs3)C(=O)O)cc(OC)c(OCOC)c12. The van der Waals surface area contributed by atoms with E-state index in [2.05, 4.69) is 6.92 Å². The molecular formula is C23H24O5S. The van der Waals surface area contributed by atoms with Gasteiger partial charge in [0.15, 0.2) is 18.3 Å². The summed E-state index contributed by atoms with van der Waals surface area (Å²) in [5.41, 5.74) is 2.20. The van der Waals surface area contributed by atoms with Crippen molar-refractivity contribution in [1.82, 2.24) is 0 Å². The van der Waals surface area contributed by atoms with Crippen LogP contribution < -0.4 is 9.47 Å². The number of rotatable bonds is 9. The van der Waals surface area contributed by atoms with Crippen LogP contribution in [0, 0.1) is 0 Å². The van der Waals surface area contributed by atoms with Crippen LogP contribution in [0.3, 0.4) is 0 Å². The van der Waals surface area contributed by atoms with Gasteiger partial charge in [-0.1, -0.05) is 31.2 Å². The van der Waals surface area contributed by atoms with Gasteiger partial charge >= 0.3 is 5.97 Å². The van der Waals surface area contributed by atoms with Crippen LogP contribution in [-0.4, -0.2) is 32.1 Å². The number of hydrogen-bond acceptors (Lipinski definition) is 5. The van der Waals surface area contributed by atoms with Crippen molar-refractivity contribution in [2.75, 3.05) is 21.0 Å². The Morgan fingerprint density at radius 2 is 2.03 bits per heavy atom. The molecule has 0 atom stereocenters. The van der Waals surface area contributed by atoms with Crippen molar-refractivity contribution in [1.29, 1.82) is 0 Å². The van der Waals surface area contributed by atoms with Crippen LogP contribution in [0.2, 0.25) is 0 Å². The molecule has 0 saturated carbocycles. The van der Waals surface area contributed by atoms with E-state index in [1.165, 1.54) is 0 Å². The second kappa shape index (κ2) is 9.58. The summed E-state index contributed by atoms with van der Waals surface area (Å²) in [7, 11) is 3.14.